The number of hydrogen-bond donors (Lipinski definition) is 1. The monoisotopic (exact) mass is 410 g/mol. The number of alkyl halides is 2. The molecular formula is C19H28F2N6O2. The zero-order valence-electron chi connectivity index (χ0n) is 17.0. The molecular weight excluding hydrogens is 382 g/mol. The summed E-state index contributed by atoms with van der Waals surface area (Å²) in [5.74, 6) is 1.17. The number of likely N-dealkylation sites (N-methyl/N-ethyl adjacent to an activating group) is 1. The molecule has 2 rings (SSSR count). The van der Waals surface area contributed by atoms with Gasteiger partial charge in [0, 0.05) is 58.2 Å². The molecule has 0 spiro atoms. The number of anilines is 1. The van der Waals surface area contributed by atoms with Crippen LogP contribution in [0, 0.1) is 0 Å². The van der Waals surface area contributed by atoms with Crippen LogP contribution in [0.15, 0.2) is 28.3 Å². The van der Waals surface area contributed by atoms with Crippen molar-refractivity contribution in [3.8, 4) is 0 Å². The molecule has 2 heterocycles. The van der Waals surface area contributed by atoms with Gasteiger partial charge in [0.2, 0.25) is 5.96 Å². The van der Waals surface area contributed by atoms with Crippen LogP contribution in [0.2, 0.25) is 0 Å². The van der Waals surface area contributed by atoms with Gasteiger partial charge in [-0.3, -0.25) is 4.99 Å². The van der Waals surface area contributed by atoms with Gasteiger partial charge in [-0.05, 0) is 18.2 Å². The molecule has 1 aromatic rings. The second-order valence-corrected chi connectivity index (χ2v) is 6.38. The number of ether oxygens (including phenoxy) is 2. The van der Waals surface area contributed by atoms with Gasteiger partial charge < -0.3 is 25.0 Å². The fourth-order valence-corrected chi connectivity index (χ4v) is 2.73. The van der Waals surface area contributed by atoms with Gasteiger partial charge in [-0.25, -0.2) is 13.8 Å². The summed E-state index contributed by atoms with van der Waals surface area (Å²) >= 11 is 0. The third-order valence-electron chi connectivity index (χ3n) is 4.36. The number of nitrogen functional groups attached to an aromatic ring is 1. The number of aliphatic imine (C=N–C) groups is 2. The first kappa shape index (κ1) is 22.7. The van der Waals surface area contributed by atoms with Crippen LogP contribution >= 0.6 is 0 Å². The van der Waals surface area contributed by atoms with E-state index in [9.17, 15) is 8.78 Å². The minimum atomic E-state index is -2.66. The molecule has 0 unspecified atom stereocenters. The largest absolute Gasteiger partial charge is 0.384 e. The smallest absolute Gasteiger partial charge is 0.264 e. The lowest BCUT2D eigenvalue weighted by Gasteiger charge is -2.29. The highest BCUT2D eigenvalue weighted by molar-refractivity contribution is 6.04. The molecule has 1 aromatic heterocycles. The summed E-state index contributed by atoms with van der Waals surface area (Å²) in [5, 5.41) is 0. The van der Waals surface area contributed by atoms with Gasteiger partial charge in [0.05, 0.1) is 19.8 Å². The molecule has 0 amide bonds. The molecule has 1 saturated heterocycles. The number of hydrogen-bond acceptors (Lipinski definition) is 5. The third-order valence-corrected chi connectivity index (χ3v) is 4.36. The lowest BCUT2D eigenvalue weighted by atomic mass is 10.1. The fourth-order valence-electron chi connectivity index (χ4n) is 2.73. The van der Waals surface area contributed by atoms with Crippen molar-refractivity contribution in [1.82, 2.24) is 14.8 Å². The van der Waals surface area contributed by atoms with E-state index in [2.05, 4.69) is 15.0 Å². The molecule has 2 N–H and O–H groups in total. The number of morpholine rings is 1. The van der Waals surface area contributed by atoms with Crippen LogP contribution in [0.1, 0.15) is 17.6 Å². The van der Waals surface area contributed by atoms with Crippen LogP contribution in [0.4, 0.5) is 14.6 Å². The summed E-state index contributed by atoms with van der Waals surface area (Å²) in [6, 6.07) is 1.19. The first-order chi connectivity index (χ1) is 14.0. The van der Waals surface area contributed by atoms with Gasteiger partial charge in [-0.2, -0.15) is 4.99 Å². The van der Waals surface area contributed by atoms with Gasteiger partial charge in [0.1, 0.15) is 11.7 Å². The van der Waals surface area contributed by atoms with Crippen LogP contribution < -0.4 is 5.73 Å². The summed E-state index contributed by atoms with van der Waals surface area (Å²) < 4.78 is 37.2. The van der Waals surface area contributed by atoms with Gasteiger partial charge in [0.15, 0.2) is 0 Å². The Morgan fingerprint density at radius 1 is 1.45 bits per heavy atom. The van der Waals surface area contributed by atoms with Gasteiger partial charge >= 0.3 is 0 Å². The van der Waals surface area contributed by atoms with Crippen molar-refractivity contribution in [2.24, 2.45) is 9.98 Å². The summed E-state index contributed by atoms with van der Waals surface area (Å²) in [5.41, 5.74) is 5.67. The van der Waals surface area contributed by atoms with E-state index in [-0.39, 0.29) is 16.9 Å². The van der Waals surface area contributed by atoms with Crippen LogP contribution in [0.25, 0.3) is 6.08 Å². The number of pyridine rings is 1. The number of rotatable bonds is 6. The van der Waals surface area contributed by atoms with Gasteiger partial charge in [0.25, 0.3) is 6.43 Å². The molecule has 0 aromatic carbocycles. The van der Waals surface area contributed by atoms with Gasteiger partial charge in [-0.15, -0.1) is 0 Å². The standard InChI is InChI=1S/C19H28F2N6O2/c1-23-19(26(2)6-9-28-3)25-17(27-7-10-29-11-8-27)5-4-14-13-24-16(22)12-15(14)18(20)21/h4-5,12-13,18H,6-11H2,1-3H3,(H2,22,24)/b5-4+,23-19?,25-17?. The maximum Gasteiger partial charge on any atom is 0.264 e. The molecule has 0 radical (unpaired) electrons. The van der Waals surface area contributed by atoms with E-state index in [0.717, 1.165) is 0 Å². The average Bonchev–Trinajstić information content (AvgIpc) is 2.73. The molecule has 160 valence electrons. The van der Waals surface area contributed by atoms with Crippen LogP contribution in [0.5, 0.6) is 0 Å². The number of aromatic nitrogens is 1. The van der Waals surface area contributed by atoms with Crippen molar-refractivity contribution in [2.75, 3.05) is 66.4 Å². The first-order valence-electron chi connectivity index (χ1n) is 9.26. The van der Waals surface area contributed by atoms with E-state index < -0.39 is 6.43 Å². The van der Waals surface area contributed by atoms with Gasteiger partial charge in [-0.1, -0.05) is 0 Å². The van der Waals surface area contributed by atoms with E-state index in [1.807, 2.05) is 16.8 Å². The number of methoxy groups -OCH3 is 1. The van der Waals surface area contributed by atoms with E-state index in [1.165, 1.54) is 12.3 Å². The Bertz CT molecular complexity index is 748. The second-order valence-electron chi connectivity index (χ2n) is 6.38. The Labute approximate surface area is 169 Å². The third kappa shape index (κ3) is 6.75. The first-order valence-corrected chi connectivity index (χ1v) is 9.26. The minimum absolute atomic E-state index is 0.0553. The van der Waals surface area contributed by atoms with E-state index in [0.29, 0.717) is 51.3 Å². The molecule has 8 nitrogen and oxygen atoms in total. The van der Waals surface area contributed by atoms with Crippen molar-refractivity contribution >= 4 is 23.7 Å². The zero-order valence-corrected chi connectivity index (χ0v) is 17.0. The predicted octanol–water partition coefficient (Wildman–Crippen LogP) is 1.91. The van der Waals surface area contributed by atoms with E-state index >= 15 is 0 Å². The van der Waals surface area contributed by atoms with Crippen molar-refractivity contribution < 1.29 is 18.3 Å². The lowest BCUT2D eigenvalue weighted by molar-refractivity contribution is 0.0685. The van der Waals surface area contributed by atoms with Crippen LogP contribution in [-0.2, 0) is 9.47 Å². The Morgan fingerprint density at radius 3 is 2.79 bits per heavy atom. The molecule has 1 fully saturated rings. The topological polar surface area (TPSA) is 88.6 Å². The molecule has 0 aliphatic carbocycles. The average molecular weight is 410 g/mol. The highest BCUT2D eigenvalue weighted by Gasteiger charge is 2.17. The predicted molar refractivity (Wildman–Crippen MR) is 110 cm³/mol. The maximum atomic E-state index is 13.4. The summed E-state index contributed by atoms with van der Waals surface area (Å²) in [6.45, 7) is 3.56. The van der Waals surface area contributed by atoms with Crippen molar-refractivity contribution in [3.05, 3.63) is 29.5 Å². The molecule has 0 saturated carbocycles. The van der Waals surface area contributed by atoms with Crippen molar-refractivity contribution in [1.29, 1.82) is 0 Å². The zero-order chi connectivity index (χ0) is 21.2. The molecule has 0 atom stereocenters. The fraction of sp³-hybridized carbons (Fsp3) is 0.526. The normalized spacial score (nSPS) is 16.1. The summed E-state index contributed by atoms with van der Waals surface area (Å²) in [4.78, 5) is 16.7. The number of guanidine groups is 1. The Morgan fingerprint density at radius 2 is 2.17 bits per heavy atom. The second kappa shape index (κ2) is 11.4. The summed E-state index contributed by atoms with van der Waals surface area (Å²) in [6.07, 6.45) is 1.95. The molecule has 0 bridgehead atoms. The van der Waals surface area contributed by atoms with E-state index in [1.54, 1.807) is 26.3 Å². The molecule has 29 heavy (non-hydrogen) atoms. The Balaban J connectivity index is 2.35. The number of halogens is 2. The maximum absolute atomic E-state index is 13.4. The molecule has 10 heteroatoms. The number of nitrogens with two attached hydrogens (primary N) is 1. The van der Waals surface area contributed by atoms with Crippen molar-refractivity contribution in [2.45, 2.75) is 6.43 Å². The highest BCUT2D eigenvalue weighted by Crippen LogP contribution is 2.25. The molecule has 1 aliphatic heterocycles. The SMILES string of the molecule is CN=C(N=C(/C=C/c1cnc(N)cc1C(F)F)N1CCOCC1)N(C)CCOC. The lowest BCUT2D eigenvalue weighted by Crippen LogP contribution is -2.41. The minimum Gasteiger partial charge on any atom is -0.384 e. The quantitative estimate of drug-likeness (QED) is 0.569. The van der Waals surface area contributed by atoms with Crippen LogP contribution in [0.3, 0.4) is 0 Å². The Hall–Kier alpha value is -2.59. The Kier molecular flexibility index (Phi) is 8.94. The number of amidine groups is 1. The van der Waals surface area contributed by atoms with Crippen molar-refractivity contribution in [3.63, 3.8) is 0 Å². The van der Waals surface area contributed by atoms with Crippen LogP contribution in [-0.4, -0.2) is 87.2 Å². The summed E-state index contributed by atoms with van der Waals surface area (Å²) in [7, 11) is 5.15. The highest BCUT2D eigenvalue weighted by atomic mass is 19.3. The van der Waals surface area contributed by atoms with E-state index in [4.69, 9.17) is 15.2 Å². The molecule has 1 aliphatic rings. The number of nitrogens with zero attached hydrogens (tertiary/aromatic N) is 5.